The molecule has 5 heteroatoms. The van der Waals surface area contributed by atoms with Crippen LogP contribution in [-0.2, 0) is 16.6 Å². The van der Waals surface area contributed by atoms with Gasteiger partial charge in [0, 0.05) is 28.0 Å². The highest BCUT2D eigenvalue weighted by Crippen LogP contribution is 2.40. The Morgan fingerprint density at radius 3 is 2.09 bits per heavy atom. The molecule has 0 aliphatic carbocycles. The summed E-state index contributed by atoms with van der Waals surface area (Å²) in [6.45, 7) is 12.0. The van der Waals surface area contributed by atoms with Crippen LogP contribution in [0.15, 0.2) is 73.3 Å². The minimum Gasteiger partial charge on any atom is -0.322 e. The number of imide groups is 1. The van der Waals surface area contributed by atoms with Crippen molar-refractivity contribution in [3.8, 4) is 0 Å². The molecule has 3 aromatic rings. The molecule has 172 valence electrons. The lowest BCUT2D eigenvalue weighted by Crippen LogP contribution is -2.42. The van der Waals surface area contributed by atoms with Gasteiger partial charge in [0.05, 0.1) is 5.69 Å². The van der Waals surface area contributed by atoms with Gasteiger partial charge in [-0.1, -0.05) is 70.7 Å². The van der Waals surface area contributed by atoms with Crippen molar-refractivity contribution in [2.75, 3.05) is 10.2 Å². The van der Waals surface area contributed by atoms with E-state index < -0.39 is 17.2 Å². The maximum atomic E-state index is 13.7. The lowest BCUT2D eigenvalue weighted by atomic mass is 9.76. The van der Waals surface area contributed by atoms with E-state index in [1.54, 1.807) is 30.3 Å². The Balaban J connectivity index is 1.95. The fourth-order valence-corrected chi connectivity index (χ4v) is 4.44. The van der Waals surface area contributed by atoms with Crippen molar-refractivity contribution in [1.82, 2.24) is 0 Å². The summed E-state index contributed by atoms with van der Waals surface area (Å²) in [5.74, 6) is -1.15. The first kappa shape index (κ1) is 23.2. The van der Waals surface area contributed by atoms with Gasteiger partial charge in [0.2, 0.25) is 0 Å². The molecule has 0 fully saturated rings. The van der Waals surface area contributed by atoms with Gasteiger partial charge in [-0.3, -0.25) is 14.4 Å². The maximum Gasteiger partial charge on any atom is 0.265 e. The first-order valence-corrected chi connectivity index (χ1v) is 11.3. The molecule has 0 unspecified atom stereocenters. The highest BCUT2D eigenvalue weighted by molar-refractivity contribution is 6.41. The zero-order chi connectivity index (χ0) is 24.6. The third-order valence-electron chi connectivity index (χ3n) is 6.06. The predicted octanol–water partition coefficient (Wildman–Crippen LogP) is 6.00. The van der Waals surface area contributed by atoms with Gasteiger partial charge in [-0.15, -0.1) is 0 Å². The van der Waals surface area contributed by atoms with Gasteiger partial charge in [0.15, 0.2) is 0 Å². The number of carbonyl (C=O) groups is 3. The quantitative estimate of drug-likeness (QED) is 0.390. The number of hydrogen-bond acceptors (Lipinski definition) is 3. The standard InChI is InChI=1S/C29H28N2O3/c1-6-21-24-18(2)27(33)31(20-15-11-8-12-16-20)28(34)22(24)17-23(29(3,4)5)25(21)26(32)30-19-13-9-7-10-14-19/h7-17H,2,6H2,1,3-5H3,(H,30,32). The number of amides is 3. The van der Waals surface area contributed by atoms with E-state index in [2.05, 4.69) is 11.9 Å². The van der Waals surface area contributed by atoms with Crippen LogP contribution in [0.1, 0.15) is 65.1 Å². The number of nitrogens with zero attached hydrogens (tertiary/aromatic N) is 1. The van der Waals surface area contributed by atoms with Gasteiger partial charge in [0.25, 0.3) is 17.7 Å². The summed E-state index contributed by atoms with van der Waals surface area (Å²) in [5, 5.41) is 2.98. The normalized spacial score (nSPS) is 13.6. The van der Waals surface area contributed by atoms with Crippen LogP contribution in [0.2, 0.25) is 0 Å². The molecule has 1 aliphatic heterocycles. The SMILES string of the molecule is C=C1C(=O)N(c2ccccc2)C(=O)c2cc(C(C)(C)C)c(C(=O)Nc3ccccc3)c(CC)c21. The zero-order valence-corrected chi connectivity index (χ0v) is 19.9. The minimum atomic E-state index is -0.476. The third-order valence-corrected chi connectivity index (χ3v) is 6.06. The molecule has 0 spiro atoms. The Kier molecular flexibility index (Phi) is 5.96. The number of carbonyl (C=O) groups excluding carboxylic acids is 3. The van der Waals surface area contributed by atoms with Gasteiger partial charge < -0.3 is 5.32 Å². The lowest BCUT2D eigenvalue weighted by molar-refractivity contribution is -0.112. The fourth-order valence-electron chi connectivity index (χ4n) is 4.44. The van der Waals surface area contributed by atoms with E-state index in [1.807, 2.05) is 64.1 Å². The Hall–Kier alpha value is -3.99. The predicted molar refractivity (Wildman–Crippen MR) is 136 cm³/mol. The first-order chi connectivity index (χ1) is 16.1. The first-order valence-electron chi connectivity index (χ1n) is 11.3. The molecule has 0 saturated heterocycles. The van der Waals surface area contributed by atoms with Crippen LogP contribution < -0.4 is 10.2 Å². The van der Waals surface area contributed by atoms with Crippen molar-refractivity contribution in [2.45, 2.75) is 39.5 Å². The molecule has 1 aliphatic rings. The Morgan fingerprint density at radius 1 is 0.941 bits per heavy atom. The molecule has 0 bridgehead atoms. The third kappa shape index (κ3) is 3.94. The number of para-hydroxylation sites is 2. The van der Waals surface area contributed by atoms with E-state index >= 15 is 0 Å². The summed E-state index contributed by atoms with van der Waals surface area (Å²) in [6, 6.07) is 19.8. The lowest BCUT2D eigenvalue weighted by Gasteiger charge is -2.33. The molecule has 0 aromatic heterocycles. The molecule has 1 N–H and O–H groups in total. The highest BCUT2D eigenvalue weighted by atomic mass is 16.2. The highest BCUT2D eigenvalue weighted by Gasteiger charge is 2.39. The average molecular weight is 453 g/mol. The van der Waals surface area contributed by atoms with E-state index in [1.165, 1.54) is 4.90 Å². The molecule has 4 rings (SSSR count). The van der Waals surface area contributed by atoms with Gasteiger partial charge in [-0.2, -0.15) is 0 Å². The van der Waals surface area contributed by atoms with Crippen molar-refractivity contribution in [2.24, 2.45) is 0 Å². The van der Waals surface area contributed by atoms with E-state index in [0.29, 0.717) is 40.0 Å². The largest absolute Gasteiger partial charge is 0.322 e. The summed E-state index contributed by atoms with van der Waals surface area (Å²) in [4.78, 5) is 41.7. The number of fused-ring (bicyclic) bond motifs is 1. The summed E-state index contributed by atoms with van der Waals surface area (Å²) in [5.41, 5.74) is 3.72. The van der Waals surface area contributed by atoms with E-state index in [9.17, 15) is 14.4 Å². The molecule has 0 radical (unpaired) electrons. The molecule has 34 heavy (non-hydrogen) atoms. The van der Waals surface area contributed by atoms with Gasteiger partial charge in [-0.05, 0) is 53.3 Å². The molecular formula is C29H28N2O3. The van der Waals surface area contributed by atoms with Crippen molar-refractivity contribution in [1.29, 1.82) is 0 Å². The van der Waals surface area contributed by atoms with E-state index in [0.717, 1.165) is 5.56 Å². The van der Waals surface area contributed by atoms with E-state index in [-0.39, 0.29) is 11.5 Å². The Labute approximate surface area is 200 Å². The zero-order valence-electron chi connectivity index (χ0n) is 19.9. The van der Waals surface area contributed by atoms with Crippen molar-refractivity contribution in [3.63, 3.8) is 0 Å². The summed E-state index contributed by atoms with van der Waals surface area (Å²) in [7, 11) is 0. The van der Waals surface area contributed by atoms with Crippen LogP contribution >= 0.6 is 0 Å². The van der Waals surface area contributed by atoms with Gasteiger partial charge in [0.1, 0.15) is 0 Å². The molecule has 5 nitrogen and oxygen atoms in total. The van der Waals surface area contributed by atoms with Crippen LogP contribution in [0, 0.1) is 0 Å². The number of rotatable bonds is 4. The second-order valence-electron chi connectivity index (χ2n) is 9.38. The molecule has 0 atom stereocenters. The number of hydrogen-bond donors (Lipinski definition) is 1. The molecule has 1 heterocycles. The second kappa shape index (κ2) is 8.75. The number of benzene rings is 3. The van der Waals surface area contributed by atoms with Gasteiger partial charge in [-0.25, -0.2) is 4.90 Å². The topological polar surface area (TPSA) is 66.5 Å². The Bertz CT molecular complexity index is 1300. The van der Waals surface area contributed by atoms with Crippen LogP contribution in [-0.4, -0.2) is 17.7 Å². The summed E-state index contributed by atoms with van der Waals surface area (Å²) < 4.78 is 0. The monoisotopic (exact) mass is 452 g/mol. The van der Waals surface area contributed by atoms with Crippen molar-refractivity contribution in [3.05, 3.63) is 101 Å². The van der Waals surface area contributed by atoms with Gasteiger partial charge >= 0.3 is 0 Å². The smallest absolute Gasteiger partial charge is 0.265 e. The second-order valence-corrected chi connectivity index (χ2v) is 9.38. The van der Waals surface area contributed by atoms with Crippen LogP contribution in [0.25, 0.3) is 5.57 Å². The van der Waals surface area contributed by atoms with Crippen molar-refractivity contribution < 1.29 is 14.4 Å². The number of anilines is 2. The molecular weight excluding hydrogens is 424 g/mol. The van der Waals surface area contributed by atoms with E-state index in [4.69, 9.17) is 0 Å². The maximum absolute atomic E-state index is 13.7. The molecule has 3 aromatic carbocycles. The van der Waals surface area contributed by atoms with Crippen LogP contribution in [0.4, 0.5) is 11.4 Å². The summed E-state index contributed by atoms with van der Waals surface area (Å²) >= 11 is 0. The minimum absolute atomic E-state index is 0.213. The summed E-state index contributed by atoms with van der Waals surface area (Å²) in [6.07, 6.45) is 0.467. The Morgan fingerprint density at radius 2 is 1.53 bits per heavy atom. The fraction of sp³-hybridized carbons (Fsp3) is 0.207. The van der Waals surface area contributed by atoms with Crippen LogP contribution in [0.3, 0.4) is 0 Å². The van der Waals surface area contributed by atoms with Crippen molar-refractivity contribution >= 4 is 34.7 Å². The average Bonchev–Trinajstić information content (AvgIpc) is 2.82. The molecule has 0 saturated carbocycles. The number of nitrogens with one attached hydrogen (secondary N) is 1. The molecule has 3 amide bonds. The van der Waals surface area contributed by atoms with Crippen LogP contribution in [0.5, 0.6) is 0 Å².